The summed E-state index contributed by atoms with van der Waals surface area (Å²) in [6.07, 6.45) is 0.404. The molecule has 1 aromatic rings. The Balaban J connectivity index is 1.89. The molecule has 0 spiro atoms. The van der Waals surface area contributed by atoms with Gasteiger partial charge in [0.25, 0.3) is 0 Å². The average Bonchev–Trinajstić information content (AvgIpc) is 2.79. The van der Waals surface area contributed by atoms with Crippen LogP contribution in [0.3, 0.4) is 0 Å². The molecule has 2 N–H and O–H groups in total. The number of carboxylic acid groups (broad SMARTS) is 1. The highest BCUT2D eigenvalue weighted by Crippen LogP contribution is 2.22. The molecule has 1 saturated heterocycles. The second kappa shape index (κ2) is 5.35. The van der Waals surface area contributed by atoms with Crippen LogP contribution in [0.5, 0.6) is 0 Å². The van der Waals surface area contributed by atoms with Crippen LogP contribution in [0, 0.1) is 12.7 Å². The first-order valence-corrected chi connectivity index (χ1v) is 5.94. The molecule has 2 atom stereocenters. The van der Waals surface area contributed by atoms with E-state index in [2.05, 4.69) is 5.32 Å². The van der Waals surface area contributed by atoms with E-state index in [-0.39, 0.29) is 11.9 Å². The van der Waals surface area contributed by atoms with Gasteiger partial charge in [0.2, 0.25) is 0 Å². The van der Waals surface area contributed by atoms with E-state index in [0.717, 1.165) is 11.3 Å². The van der Waals surface area contributed by atoms with Crippen molar-refractivity contribution in [1.82, 2.24) is 0 Å². The Hall–Kier alpha value is -1.62. The van der Waals surface area contributed by atoms with E-state index in [4.69, 9.17) is 9.84 Å². The summed E-state index contributed by atoms with van der Waals surface area (Å²) in [6, 6.07) is 4.54. The highest BCUT2D eigenvalue weighted by atomic mass is 19.1. The van der Waals surface area contributed by atoms with Crippen molar-refractivity contribution in [2.75, 3.05) is 11.9 Å². The number of ether oxygens (including phenoxy) is 1. The number of hydrogen-bond donors (Lipinski definition) is 2. The Morgan fingerprint density at radius 2 is 2.33 bits per heavy atom. The minimum Gasteiger partial charge on any atom is -0.479 e. The first kappa shape index (κ1) is 12.8. The second-order valence-corrected chi connectivity index (χ2v) is 4.50. The molecule has 5 heteroatoms. The van der Waals surface area contributed by atoms with Crippen molar-refractivity contribution in [3.05, 3.63) is 29.6 Å². The third-order valence-corrected chi connectivity index (χ3v) is 3.10. The van der Waals surface area contributed by atoms with Crippen LogP contribution in [0.15, 0.2) is 18.2 Å². The molecule has 0 radical (unpaired) electrons. The summed E-state index contributed by atoms with van der Waals surface area (Å²) < 4.78 is 18.4. The molecule has 98 valence electrons. The maximum absolute atomic E-state index is 13.1. The molecule has 1 aromatic carbocycles. The van der Waals surface area contributed by atoms with Crippen molar-refractivity contribution < 1.29 is 19.0 Å². The van der Waals surface area contributed by atoms with Gasteiger partial charge in [-0.1, -0.05) is 6.07 Å². The maximum atomic E-state index is 13.1. The average molecular weight is 253 g/mol. The number of aliphatic carboxylic acids is 1. The number of aryl methyl sites for hydroxylation is 1. The lowest BCUT2D eigenvalue weighted by Gasteiger charge is -2.14. The number of halogens is 1. The summed E-state index contributed by atoms with van der Waals surface area (Å²) in [7, 11) is 0. The van der Waals surface area contributed by atoms with Crippen LogP contribution >= 0.6 is 0 Å². The third-order valence-electron chi connectivity index (χ3n) is 3.10. The SMILES string of the molecule is Cc1ccc(F)cc1NCC1CCC(C(=O)O)O1. The van der Waals surface area contributed by atoms with Crippen molar-refractivity contribution in [2.24, 2.45) is 0 Å². The standard InChI is InChI=1S/C13H16FNO3/c1-8-2-3-9(14)6-11(8)15-7-10-4-5-12(18-10)13(16)17/h2-3,6,10,12,15H,4-5,7H2,1H3,(H,16,17). The molecule has 2 unspecified atom stereocenters. The highest BCUT2D eigenvalue weighted by Gasteiger charge is 2.30. The van der Waals surface area contributed by atoms with Crippen molar-refractivity contribution in [3.8, 4) is 0 Å². The van der Waals surface area contributed by atoms with Crippen LogP contribution in [-0.2, 0) is 9.53 Å². The fraction of sp³-hybridized carbons (Fsp3) is 0.462. The zero-order valence-electron chi connectivity index (χ0n) is 10.1. The topological polar surface area (TPSA) is 58.6 Å². The van der Waals surface area contributed by atoms with Crippen LogP contribution < -0.4 is 5.32 Å². The summed E-state index contributed by atoms with van der Waals surface area (Å²) in [5.74, 6) is -1.21. The number of carbonyl (C=O) groups is 1. The van der Waals surface area contributed by atoms with Crippen LogP contribution in [-0.4, -0.2) is 29.8 Å². The number of hydrogen-bond acceptors (Lipinski definition) is 3. The van der Waals surface area contributed by atoms with E-state index >= 15 is 0 Å². The summed E-state index contributed by atoms with van der Waals surface area (Å²) in [4.78, 5) is 10.7. The third kappa shape index (κ3) is 2.98. The molecule has 0 aromatic heterocycles. The zero-order valence-corrected chi connectivity index (χ0v) is 10.1. The van der Waals surface area contributed by atoms with Gasteiger partial charge in [-0.2, -0.15) is 0 Å². The van der Waals surface area contributed by atoms with E-state index in [0.29, 0.717) is 19.4 Å². The Morgan fingerprint density at radius 3 is 3.00 bits per heavy atom. The molecular formula is C13H16FNO3. The smallest absolute Gasteiger partial charge is 0.332 e. The maximum Gasteiger partial charge on any atom is 0.332 e. The van der Waals surface area contributed by atoms with Crippen LogP contribution in [0.1, 0.15) is 18.4 Å². The van der Waals surface area contributed by atoms with Gasteiger partial charge in [-0.05, 0) is 37.5 Å². The van der Waals surface area contributed by atoms with Crippen molar-refractivity contribution in [2.45, 2.75) is 32.0 Å². The van der Waals surface area contributed by atoms with Gasteiger partial charge >= 0.3 is 5.97 Å². The van der Waals surface area contributed by atoms with E-state index < -0.39 is 12.1 Å². The molecule has 0 bridgehead atoms. The molecule has 18 heavy (non-hydrogen) atoms. The second-order valence-electron chi connectivity index (χ2n) is 4.50. The van der Waals surface area contributed by atoms with Crippen molar-refractivity contribution in [3.63, 3.8) is 0 Å². The predicted octanol–water partition coefficient (Wildman–Crippen LogP) is 2.18. The fourth-order valence-electron chi connectivity index (χ4n) is 2.05. The largest absolute Gasteiger partial charge is 0.479 e. The van der Waals surface area contributed by atoms with Gasteiger partial charge in [-0.3, -0.25) is 0 Å². The normalized spacial score (nSPS) is 23.0. The molecule has 1 heterocycles. The van der Waals surface area contributed by atoms with Crippen molar-refractivity contribution in [1.29, 1.82) is 0 Å². The molecule has 2 rings (SSSR count). The first-order chi connectivity index (χ1) is 8.56. The monoisotopic (exact) mass is 253 g/mol. The van der Waals surface area contributed by atoms with E-state index in [1.807, 2.05) is 6.92 Å². The van der Waals surface area contributed by atoms with Gasteiger partial charge in [0.1, 0.15) is 5.82 Å². The van der Waals surface area contributed by atoms with Gasteiger partial charge in [0, 0.05) is 12.2 Å². The number of nitrogens with one attached hydrogen (secondary N) is 1. The van der Waals surface area contributed by atoms with Gasteiger partial charge in [-0.25, -0.2) is 9.18 Å². The molecule has 0 aliphatic carbocycles. The minimum absolute atomic E-state index is 0.131. The minimum atomic E-state index is -0.917. The van der Waals surface area contributed by atoms with Gasteiger partial charge in [0.15, 0.2) is 6.10 Å². The van der Waals surface area contributed by atoms with Gasteiger partial charge < -0.3 is 15.2 Å². The molecule has 4 nitrogen and oxygen atoms in total. The van der Waals surface area contributed by atoms with Gasteiger partial charge in [-0.15, -0.1) is 0 Å². The number of benzene rings is 1. The number of anilines is 1. The summed E-state index contributed by atoms with van der Waals surface area (Å²) >= 11 is 0. The van der Waals surface area contributed by atoms with E-state index in [1.54, 1.807) is 6.07 Å². The molecular weight excluding hydrogens is 237 g/mol. The lowest BCUT2D eigenvalue weighted by molar-refractivity contribution is -0.149. The van der Waals surface area contributed by atoms with Crippen molar-refractivity contribution >= 4 is 11.7 Å². The highest BCUT2D eigenvalue weighted by molar-refractivity contribution is 5.72. The van der Waals surface area contributed by atoms with Crippen LogP contribution in [0.25, 0.3) is 0 Å². The molecule has 1 fully saturated rings. The molecule has 0 saturated carbocycles. The molecule has 1 aliphatic heterocycles. The Bertz CT molecular complexity index is 450. The van der Waals surface area contributed by atoms with E-state index in [1.165, 1.54) is 12.1 Å². The Labute approximate surface area is 105 Å². The zero-order chi connectivity index (χ0) is 13.1. The fourth-order valence-corrected chi connectivity index (χ4v) is 2.05. The van der Waals surface area contributed by atoms with E-state index in [9.17, 15) is 9.18 Å². The van der Waals surface area contributed by atoms with Crippen LogP contribution in [0.2, 0.25) is 0 Å². The number of carboxylic acids is 1. The summed E-state index contributed by atoms with van der Waals surface area (Å²) in [6.45, 7) is 2.38. The van der Waals surface area contributed by atoms with Crippen LogP contribution in [0.4, 0.5) is 10.1 Å². The lowest BCUT2D eigenvalue weighted by Crippen LogP contribution is -2.24. The predicted molar refractivity (Wildman–Crippen MR) is 65.2 cm³/mol. The summed E-state index contributed by atoms with van der Waals surface area (Å²) in [5, 5.41) is 11.9. The van der Waals surface area contributed by atoms with Gasteiger partial charge in [0.05, 0.1) is 6.10 Å². The Morgan fingerprint density at radius 1 is 1.56 bits per heavy atom. The first-order valence-electron chi connectivity index (χ1n) is 5.94. The molecule has 1 aliphatic rings. The quantitative estimate of drug-likeness (QED) is 0.863. The summed E-state index contributed by atoms with van der Waals surface area (Å²) in [5.41, 5.74) is 1.67. The lowest BCUT2D eigenvalue weighted by atomic mass is 10.1. The molecule has 0 amide bonds. The number of rotatable bonds is 4. The Kier molecular flexibility index (Phi) is 3.81.